The van der Waals surface area contributed by atoms with E-state index in [1.165, 1.54) is 0 Å². The Morgan fingerprint density at radius 1 is 0.308 bits per heavy atom. The number of hydrogen-bond acceptors (Lipinski definition) is 6. The zero-order valence-corrected chi connectivity index (χ0v) is 8.27. The normalized spacial score (nSPS) is 0.923. The molecule has 0 heterocycles. The fourth-order valence-corrected chi connectivity index (χ4v) is 0. The van der Waals surface area contributed by atoms with E-state index in [2.05, 4.69) is 0 Å². The van der Waals surface area contributed by atoms with E-state index in [0.29, 0.717) is 0 Å². The van der Waals surface area contributed by atoms with E-state index in [9.17, 15) is 0 Å². The van der Waals surface area contributed by atoms with Gasteiger partial charge < -0.3 is 71.0 Å². The molecule has 13 heavy (non-hydrogen) atoms. The monoisotopic (exact) mass is 351 g/mol. The van der Waals surface area contributed by atoms with Crippen LogP contribution in [0.4, 0.5) is 0 Å². The van der Waals surface area contributed by atoms with Crippen molar-refractivity contribution in [2.45, 2.75) is 0 Å². The van der Waals surface area contributed by atoms with Gasteiger partial charge in [0.1, 0.15) is 0 Å². The molecule has 0 saturated heterocycles. The van der Waals surface area contributed by atoms with Crippen molar-refractivity contribution in [1.82, 2.24) is 0 Å². The van der Waals surface area contributed by atoms with Crippen LogP contribution in [-0.2, 0) is 21.1 Å². The molecule has 70 valence electrons. The van der Waals surface area contributed by atoms with Crippen LogP contribution in [0.2, 0.25) is 0 Å². The Morgan fingerprint density at radius 2 is 0.308 bits per heavy atom. The second-order valence-electron chi connectivity index (χ2n) is 0. The summed E-state index contributed by atoms with van der Waals surface area (Å²) in [6.45, 7) is 28.5. The number of rotatable bonds is 0. The van der Waals surface area contributed by atoms with Gasteiger partial charge in [-0.25, -0.2) is 0 Å². The largest absolute Gasteiger partial charge is 0.512 e. The van der Waals surface area contributed by atoms with Gasteiger partial charge in [0.2, 0.25) is 0 Å². The van der Waals surface area contributed by atoms with Crippen LogP contribution >= 0.6 is 0 Å². The fourth-order valence-electron chi connectivity index (χ4n) is 0. The van der Waals surface area contributed by atoms with Gasteiger partial charge in [-0.2, -0.15) is 0 Å². The molecular weight excluding hydrogens is 351 g/mol. The Morgan fingerprint density at radius 3 is 0.308 bits per heavy atom. The Balaban J connectivity index is -0.00000000655. The maximum absolute atomic E-state index is 6.25. The summed E-state index contributed by atoms with van der Waals surface area (Å²) in [7, 11) is 0. The molecule has 0 aliphatic rings. The van der Waals surface area contributed by atoms with E-state index in [1.54, 1.807) is 0 Å². The van der Waals surface area contributed by atoms with Gasteiger partial charge in [-0.15, -0.1) is 0 Å². The van der Waals surface area contributed by atoms with E-state index in [-0.39, 0.29) is 21.1 Å². The summed E-state index contributed by atoms with van der Waals surface area (Å²) in [4.78, 5) is 0. The standard InChI is InChI=1S/6CN.Pt/c6*1-2;/q6*-1;. The third kappa shape index (κ3) is 99.6. The maximum Gasteiger partial charge on any atom is 0 e. The molecular formula is C6N6Pt-6. The summed E-state index contributed by atoms with van der Waals surface area (Å²) < 4.78 is 0. The Bertz CT molecular complexity index is 92.1. The first-order valence-electron chi connectivity index (χ1n) is 1.34. The molecule has 0 unspecified atom stereocenters. The molecule has 0 aliphatic carbocycles. The minimum atomic E-state index is 0. The van der Waals surface area contributed by atoms with Crippen LogP contribution in [0.5, 0.6) is 0 Å². The van der Waals surface area contributed by atoms with Crippen molar-refractivity contribution in [2.75, 3.05) is 0 Å². The molecule has 0 spiro atoms. The molecule has 0 saturated carbocycles. The molecule has 0 radical (unpaired) electrons. The smallest absolute Gasteiger partial charge is 0 e. The minimum absolute atomic E-state index is 0. The van der Waals surface area contributed by atoms with Crippen LogP contribution in [-0.4, -0.2) is 0 Å². The summed E-state index contributed by atoms with van der Waals surface area (Å²) in [6, 6.07) is 0. The molecule has 0 aromatic carbocycles. The van der Waals surface area contributed by atoms with E-state index < -0.39 is 0 Å². The molecule has 0 N–H and O–H groups in total. The molecule has 0 amide bonds. The third-order valence-electron chi connectivity index (χ3n) is 0. The van der Waals surface area contributed by atoms with Crippen molar-refractivity contribution in [1.29, 1.82) is 31.6 Å². The van der Waals surface area contributed by atoms with Crippen molar-refractivity contribution < 1.29 is 21.1 Å². The van der Waals surface area contributed by atoms with Crippen molar-refractivity contribution in [3.63, 3.8) is 0 Å². The van der Waals surface area contributed by atoms with E-state index in [1.807, 2.05) is 0 Å². The summed E-state index contributed by atoms with van der Waals surface area (Å²) in [5.74, 6) is 0. The van der Waals surface area contributed by atoms with Crippen LogP contribution < -0.4 is 0 Å². The van der Waals surface area contributed by atoms with E-state index >= 15 is 0 Å². The number of nitrogens with zero attached hydrogens (tertiary/aromatic N) is 6. The zero-order chi connectivity index (χ0) is 12.0. The second kappa shape index (κ2) is 127. The quantitative estimate of drug-likeness (QED) is 0.584. The fraction of sp³-hybridized carbons (Fsp3) is 0. The molecule has 0 aromatic heterocycles. The Labute approximate surface area is 92.3 Å². The van der Waals surface area contributed by atoms with Gasteiger partial charge in [-0.3, -0.25) is 0 Å². The van der Waals surface area contributed by atoms with Crippen LogP contribution in [0.3, 0.4) is 0 Å². The van der Waals surface area contributed by atoms with E-state index in [4.69, 9.17) is 71.0 Å². The predicted molar refractivity (Wildman–Crippen MR) is 29.8 cm³/mol. The Kier molecular flexibility index (Phi) is 734. The van der Waals surface area contributed by atoms with Gasteiger partial charge in [-0.1, -0.05) is 0 Å². The summed E-state index contributed by atoms with van der Waals surface area (Å²) in [6.07, 6.45) is 0. The number of hydrogen-bond donors (Lipinski definition) is 0. The molecule has 6 nitrogen and oxygen atoms in total. The molecule has 0 aromatic rings. The first-order valence-corrected chi connectivity index (χ1v) is 1.34. The van der Waals surface area contributed by atoms with Gasteiger partial charge in [0, 0.05) is 21.1 Å². The first-order chi connectivity index (χ1) is 6.00. The van der Waals surface area contributed by atoms with Gasteiger partial charge in [-0.05, 0) is 0 Å². The predicted octanol–water partition coefficient (Wildman–Crippen LogP) is 0.576. The maximum atomic E-state index is 6.25. The molecule has 0 bridgehead atoms. The summed E-state index contributed by atoms with van der Waals surface area (Å²) in [5.41, 5.74) is 0. The van der Waals surface area contributed by atoms with Crippen molar-refractivity contribution in [2.24, 2.45) is 0 Å². The molecule has 0 aliphatic heterocycles. The summed E-state index contributed by atoms with van der Waals surface area (Å²) in [5, 5.41) is 37.5. The average molecular weight is 351 g/mol. The first kappa shape index (κ1) is 74.8. The average Bonchev–Trinajstić information content (AvgIpc) is 2.33. The van der Waals surface area contributed by atoms with Gasteiger partial charge >= 0.3 is 0 Å². The van der Waals surface area contributed by atoms with Crippen molar-refractivity contribution in [3.8, 4) is 0 Å². The third-order valence-corrected chi connectivity index (χ3v) is 0. The van der Waals surface area contributed by atoms with E-state index in [0.717, 1.165) is 0 Å². The SMILES string of the molecule is [C-]#N.[C-]#N.[C-]#N.[C-]#N.[C-]#N.[C-]#N.[Pt]. The van der Waals surface area contributed by atoms with Gasteiger partial charge in [0.05, 0.1) is 0 Å². The van der Waals surface area contributed by atoms with Gasteiger partial charge in [0.15, 0.2) is 0 Å². The second-order valence-corrected chi connectivity index (χ2v) is 0. The van der Waals surface area contributed by atoms with Gasteiger partial charge in [0.25, 0.3) is 0 Å². The molecule has 7 heteroatoms. The molecule has 0 atom stereocenters. The molecule has 0 rings (SSSR count). The van der Waals surface area contributed by atoms with Crippen LogP contribution in [0.25, 0.3) is 0 Å². The Hall–Kier alpha value is -2.37. The topological polar surface area (TPSA) is 143 Å². The van der Waals surface area contributed by atoms with Crippen LogP contribution in [0.15, 0.2) is 0 Å². The zero-order valence-electron chi connectivity index (χ0n) is 6.00. The summed E-state index contributed by atoms with van der Waals surface area (Å²) >= 11 is 0. The van der Waals surface area contributed by atoms with Crippen LogP contribution in [0, 0.1) is 71.0 Å². The van der Waals surface area contributed by atoms with Crippen molar-refractivity contribution in [3.05, 3.63) is 39.4 Å². The molecule has 0 fully saturated rings. The minimum Gasteiger partial charge on any atom is -0.512 e. The van der Waals surface area contributed by atoms with Crippen molar-refractivity contribution >= 4 is 0 Å². The van der Waals surface area contributed by atoms with Crippen LogP contribution in [0.1, 0.15) is 0 Å².